The molecule has 2 saturated carbocycles. The van der Waals surface area contributed by atoms with Crippen LogP contribution in [0, 0.1) is 5.92 Å². The molecule has 3 aliphatic rings. The van der Waals surface area contributed by atoms with Gasteiger partial charge in [-0.3, -0.25) is 0 Å². The first-order valence-electron chi connectivity index (χ1n) is 13.3. The second-order valence-corrected chi connectivity index (χ2v) is 10.7. The Hall–Kier alpha value is -1.12. The molecular weight excluding hydrogens is 378 g/mol. The zero-order valence-electron chi connectivity index (χ0n) is 20.3. The highest BCUT2D eigenvalue weighted by Crippen LogP contribution is 2.52. The van der Waals surface area contributed by atoms with E-state index in [0.717, 1.165) is 31.4 Å². The van der Waals surface area contributed by atoms with E-state index >= 15 is 0 Å². The Morgan fingerprint density at radius 2 is 1.68 bits per heavy atom. The Kier molecular flexibility index (Phi) is 7.93. The van der Waals surface area contributed by atoms with E-state index in [4.69, 9.17) is 4.74 Å². The fourth-order valence-electron chi connectivity index (χ4n) is 6.86. The van der Waals surface area contributed by atoms with Crippen molar-refractivity contribution in [3.05, 3.63) is 41.0 Å². The van der Waals surface area contributed by atoms with E-state index in [1.165, 1.54) is 70.6 Å². The van der Waals surface area contributed by atoms with E-state index in [2.05, 4.69) is 43.4 Å². The molecule has 0 saturated heterocycles. The zero-order valence-corrected chi connectivity index (χ0v) is 20.3. The molecule has 2 nitrogen and oxygen atoms in total. The summed E-state index contributed by atoms with van der Waals surface area (Å²) >= 11 is 0. The van der Waals surface area contributed by atoms with Crippen LogP contribution < -0.4 is 5.32 Å². The Bertz CT molecular complexity index is 741. The minimum Gasteiger partial charge on any atom is -0.383 e. The van der Waals surface area contributed by atoms with Crippen LogP contribution in [0.15, 0.2) is 24.3 Å². The molecule has 0 aliphatic heterocycles. The number of ether oxygens (including phenoxy) is 1. The van der Waals surface area contributed by atoms with Gasteiger partial charge in [0.05, 0.1) is 6.61 Å². The molecule has 1 N–H and O–H groups in total. The Morgan fingerprint density at radius 3 is 2.32 bits per heavy atom. The lowest BCUT2D eigenvalue weighted by Gasteiger charge is -2.33. The van der Waals surface area contributed by atoms with Crippen LogP contribution in [-0.4, -0.2) is 26.3 Å². The maximum absolute atomic E-state index is 5.94. The summed E-state index contributed by atoms with van der Waals surface area (Å²) in [5.74, 6) is 1.50. The normalized spacial score (nSPS) is 26.0. The quantitative estimate of drug-likeness (QED) is 0.447. The summed E-state index contributed by atoms with van der Waals surface area (Å²) in [6, 6.07) is 7.77. The Labute approximate surface area is 191 Å². The van der Waals surface area contributed by atoms with Crippen molar-refractivity contribution >= 4 is 5.57 Å². The molecule has 3 aliphatic carbocycles. The molecule has 2 unspecified atom stereocenters. The van der Waals surface area contributed by atoms with Crippen molar-refractivity contribution in [1.29, 1.82) is 0 Å². The number of hydrogen-bond donors (Lipinski definition) is 1. The summed E-state index contributed by atoms with van der Waals surface area (Å²) in [7, 11) is 1.89. The predicted molar refractivity (Wildman–Crippen MR) is 133 cm³/mol. The molecule has 2 atom stereocenters. The molecule has 2 fully saturated rings. The van der Waals surface area contributed by atoms with Gasteiger partial charge in [-0.15, -0.1) is 0 Å². The largest absolute Gasteiger partial charge is 0.383 e. The second-order valence-electron chi connectivity index (χ2n) is 10.7. The maximum Gasteiger partial charge on any atom is 0.0595 e. The van der Waals surface area contributed by atoms with E-state index in [1.807, 2.05) is 7.11 Å². The van der Waals surface area contributed by atoms with Crippen molar-refractivity contribution in [2.45, 2.75) is 108 Å². The standard InChI is InChI=1S/C29H45NO/c1-4-18-30-22(2)19-29(21-31-3)20-26(24-14-9-6-10-15-24)28-25(16-11-17-27(28)29)23-12-7-5-8-13-23/h11,16-17,20,22-24,30H,4-10,12-15,18-19,21H2,1-3H3. The maximum atomic E-state index is 5.94. The Balaban J connectivity index is 1.77. The van der Waals surface area contributed by atoms with Crippen molar-refractivity contribution in [3.8, 4) is 0 Å². The highest BCUT2D eigenvalue weighted by molar-refractivity contribution is 5.81. The molecule has 0 aromatic heterocycles. The predicted octanol–water partition coefficient (Wildman–Crippen LogP) is 7.37. The number of hydrogen-bond acceptors (Lipinski definition) is 2. The summed E-state index contributed by atoms with van der Waals surface area (Å²) in [5.41, 5.74) is 6.60. The van der Waals surface area contributed by atoms with Crippen LogP contribution in [0.4, 0.5) is 0 Å². The number of fused-ring (bicyclic) bond motifs is 1. The minimum atomic E-state index is 0.0156. The molecular formula is C29H45NO. The van der Waals surface area contributed by atoms with Gasteiger partial charge in [-0.05, 0) is 86.1 Å². The van der Waals surface area contributed by atoms with Crippen molar-refractivity contribution in [1.82, 2.24) is 5.32 Å². The Morgan fingerprint density at radius 1 is 1.00 bits per heavy atom. The number of nitrogens with one attached hydrogen (secondary N) is 1. The number of rotatable bonds is 9. The third-order valence-corrected chi connectivity index (χ3v) is 8.26. The fourth-order valence-corrected chi connectivity index (χ4v) is 6.86. The van der Waals surface area contributed by atoms with Gasteiger partial charge in [0.1, 0.15) is 0 Å². The van der Waals surface area contributed by atoms with Gasteiger partial charge in [-0.1, -0.05) is 69.7 Å². The van der Waals surface area contributed by atoms with Crippen LogP contribution in [0.2, 0.25) is 0 Å². The van der Waals surface area contributed by atoms with Crippen LogP contribution in [0.5, 0.6) is 0 Å². The van der Waals surface area contributed by atoms with Crippen molar-refractivity contribution < 1.29 is 4.74 Å². The van der Waals surface area contributed by atoms with Gasteiger partial charge in [-0.2, -0.15) is 0 Å². The topological polar surface area (TPSA) is 21.3 Å². The molecule has 31 heavy (non-hydrogen) atoms. The molecule has 0 bridgehead atoms. The molecule has 0 heterocycles. The van der Waals surface area contributed by atoms with Gasteiger partial charge >= 0.3 is 0 Å². The molecule has 0 amide bonds. The molecule has 2 heteroatoms. The van der Waals surface area contributed by atoms with Gasteiger partial charge in [-0.25, -0.2) is 0 Å². The average molecular weight is 424 g/mol. The van der Waals surface area contributed by atoms with Gasteiger partial charge in [0.2, 0.25) is 0 Å². The third-order valence-electron chi connectivity index (χ3n) is 8.26. The van der Waals surface area contributed by atoms with E-state index < -0.39 is 0 Å². The van der Waals surface area contributed by atoms with Crippen LogP contribution in [0.3, 0.4) is 0 Å². The number of benzene rings is 1. The molecule has 172 valence electrons. The zero-order chi connectivity index (χ0) is 21.7. The summed E-state index contributed by atoms with van der Waals surface area (Å²) in [4.78, 5) is 0. The van der Waals surface area contributed by atoms with Gasteiger partial charge < -0.3 is 10.1 Å². The SMILES string of the molecule is CCCNC(C)CC1(COC)C=C(C2CCCCC2)c2c(C3CCCCC3)cccc21. The van der Waals surface area contributed by atoms with Gasteiger partial charge in [0.15, 0.2) is 0 Å². The summed E-state index contributed by atoms with van der Waals surface area (Å²) in [6.07, 6.45) is 18.9. The lowest BCUT2D eigenvalue weighted by atomic mass is 9.74. The van der Waals surface area contributed by atoms with E-state index in [-0.39, 0.29) is 5.41 Å². The van der Waals surface area contributed by atoms with E-state index in [0.29, 0.717) is 6.04 Å². The highest BCUT2D eigenvalue weighted by atomic mass is 16.5. The molecule has 1 aromatic rings. The second kappa shape index (κ2) is 10.7. The fraction of sp³-hybridized carbons (Fsp3) is 0.724. The molecule has 0 radical (unpaired) electrons. The van der Waals surface area contributed by atoms with Crippen molar-refractivity contribution in [2.75, 3.05) is 20.3 Å². The van der Waals surface area contributed by atoms with E-state index in [9.17, 15) is 0 Å². The van der Waals surface area contributed by atoms with Crippen LogP contribution >= 0.6 is 0 Å². The van der Waals surface area contributed by atoms with Crippen molar-refractivity contribution in [2.24, 2.45) is 5.92 Å². The van der Waals surface area contributed by atoms with Crippen LogP contribution in [-0.2, 0) is 10.2 Å². The summed E-state index contributed by atoms with van der Waals surface area (Å²) in [6.45, 7) is 6.51. The molecule has 1 aromatic carbocycles. The first kappa shape index (κ1) is 23.1. The highest BCUT2D eigenvalue weighted by Gasteiger charge is 2.42. The summed E-state index contributed by atoms with van der Waals surface area (Å²) in [5, 5.41) is 3.76. The number of allylic oxidation sites excluding steroid dienone is 1. The smallest absolute Gasteiger partial charge is 0.0595 e. The molecule has 0 spiro atoms. The lowest BCUT2D eigenvalue weighted by molar-refractivity contribution is 0.142. The summed E-state index contributed by atoms with van der Waals surface area (Å²) < 4.78 is 5.94. The molecule has 4 rings (SSSR count). The van der Waals surface area contributed by atoms with Gasteiger partial charge in [0.25, 0.3) is 0 Å². The third kappa shape index (κ3) is 4.96. The van der Waals surface area contributed by atoms with E-state index in [1.54, 1.807) is 22.3 Å². The monoisotopic (exact) mass is 423 g/mol. The lowest BCUT2D eigenvalue weighted by Crippen LogP contribution is -2.38. The first-order valence-corrected chi connectivity index (χ1v) is 13.3. The minimum absolute atomic E-state index is 0.0156. The van der Waals surface area contributed by atoms with Crippen LogP contribution in [0.25, 0.3) is 5.57 Å². The van der Waals surface area contributed by atoms with Gasteiger partial charge in [0, 0.05) is 18.6 Å². The van der Waals surface area contributed by atoms with Crippen molar-refractivity contribution in [3.63, 3.8) is 0 Å². The first-order chi connectivity index (χ1) is 15.2. The van der Waals surface area contributed by atoms with Crippen LogP contribution in [0.1, 0.15) is 114 Å². The number of methoxy groups -OCH3 is 1. The average Bonchev–Trinajstić information content (AvgIpc) is 3.13.